The number of hydrogen-bond acceptors (Lipinski definition) is 3. The number of amides is 1. The molecule has 0 unspecified atom stereocenters. The number of para-hydroxylation sites is 1. The maximum atomic E-state index is 12.4. The van der Waals surface area contributed by atoms with Crippen LogP contribution in [0, 0.1) is 0 Å². The fraction of sp³-hybridized carbons (Fsp3) is 0.235. The van der Waals surface area contributed by atoms with Gasteiger partial charge in [-0.25, -0.2) is 8.42 Å². The molecule has 0 fully saturated rings. The van der Waals surface area contributed by atoms with Gasteiger partial charge in [0.05, 0.1) is 11.9 Å². The fourth-order valence-electron chi connectivity index (χ4n) is 2.35. The minimum Gasteiger partial charge on any atom is -0.324 e. The predicted molar refractivity (Wildman–Crippen MR) is 103 cm³/mol. The van der Waals surface area contributed by atoms with Crippen molar-refractivity contribution in [3.63, 3.8) is 0 Å². The average molecular weight is 401 g/mol. The summed E-state index contributed by atoms with van der Waals surface area (Å²) >= 11 is 11.9. The van der Waals surface area contributed by atoms with E-state index in [4.69, 9.17) is 23.2 Å². The maximum absolute atomic E-state index is 12.4. The van der Waals surface area contributed by atoms with Crippen molar-refractivity contribution >= 4 is 50.5 Å². The maximum Gasteiger partial charge on any atom is 0.245 e. The summed E-state index contributed by atoms with van der Waals surface area (Å²) < 4.78 is 25.2. The molecule has 0 aromatic heterocycles. The van der Waals surface area contributed by atoms with Crippen LogP contribution in [0.4, 0.5) is 11.4 Å². The zero-order valence-corrected chi connectivity index (χ0v) is 16.1. The third-order valence-corrected chi connectivity index (χ3v) is 5.07. The van der Waals surface area contributed by atoms with Crippen molar-refractivity contribution in [1.29, 1.82) is 0 Å². The first-order valence-electron chi connectivity index (χ1n) is 7.52. The Kier molecular flexibility index (Phi) is 6.32. The molecule has 2 aromatic rings. The van der Waals surface area contributed by atoms with Crippen molar-refractivity contribution in [3.8, 4) is 0 Å². The van der Waals surface area contributed by atoms with Gasteiger partial charge in [-0.1, -0.05) is 48.3 Å². The summed E-state index contributed by atoms with van der Waals surface area (Å²) in [6, 6.07) is 11.7. The third-order valence-electron chi connectivity index (χ3n) is 3.50. The smallest absolute Gasteiger partial charge is 0.245 e. The van der Waals surface area contributed by atoms with E-state index in [-0.39, 0.29) is 22.3 Å². The van der Waals surface area contributed by atoms with Crippen molar-refractivity contribution in [2.75, 3.05) is 22.4 Å². The van der Waals surface area contributed by atoms with E-state index in [1.165, 1.54) is 18.2 Å². The summed E-state index contributed by atoms with van der Waals surface area (Å²) in [5.41, 5.74) is 1.86. The Morgan fingerprint density at radius 2 is 1.72 bits per heavy atom. The number of rotatable bonds is 6. The van der Waals surface area contributed by atoms with E-state index in [9.17, 15) is 13.2 Å². The molecule has 2 rings (SSSR count). The highest BCUT2D eigenvalue weighted by molar-refractivity contribution is 7.92. The molecule has 0 bridgehead atoms. The predicted octanol–water partition coefficient (Wildman–Crippen LogP) is 3.96. The van der Waals surface area contributed by atoms with Crippen LogP contribution in [0.5, 0.6) is 0 Å². The standard InChI is InChI=1S/C17H18Cl2N2O3S/c1-3-12-6-4-5-7-16(12)20-17(22)11-21(25(2,23)24)15-9-13(18)8-14(19)10-15/h4-10H,3,11H2,1-2H3,(H,20,22). The largest absolute Gasteiger partial charge is 0.324 e. The molecule has 0 heterocycles. The van der Waals surface area contributed by atoms with Crippen LogP contribution in [0.1, 0.15) is 12.5 Å². The van der Waals surface area contributed by atoms with Gasteiger partial charge in [-0.2, -0.15) is 0 Å². The van der Waals surface area contributed by atoms with Crippen LogP contribution in [0.3, 0.4) is 0 Å². The van der Waals surface area contributed by atoms with E-state index in [0.717, 1.165) is 22.5 Å². The zero-order valence-electron chi connectivity index (χ0n) is 13.8. The quantitative estimate of drug-likeness (QED) is 0.797. The average Bonchev–Trinajstić information content (AvgIpc) is 2.51. The first kappa shape index (κ1) is 19.6. The number of carbonyl (C=O) groups is 1. The molecule has 25 heavy (non-hydrogen) atoms. The number of sulfonamides is 1. The number of nitrogens with zero attached hydrogens (tertiary/aromatic N) is 1. The SMILES string of the molecule is CCc1ccccc1NC(=O)CN(c1cc(Cl)cc(Cl)c1)S(C)(=O)=O. The van der Waals surface area contributed by atoms with E-state index in [1.807, 2.05) is 19.1 Å². The van der Waals surface area contributed by atoms with Gasteiger partial charge in [-0.3, -0.25) is 9.10 Å². The number of carbonyl (C=O) groups excluding carboxylic acids is 1. The molecule has 0 atom stereocenters. The summed E-state index contributed by atoms with van der Waals surface area (Å²) in [4.78, 5) is 12.4. The molecular formula is C17H18Cl2N2O3S. The minimum absolute atomic E-state index is 0.235. The Morgan fingerprint density at radius 1 is 1.12 bits per heavy atom. The molecule has 0 aliphatic heterocycles. The molecule has 0 aliphatic carbocycles. The van der Waals surface area contributed by atoms with E-state index < -0.39 is 15.9 Å². The first-order chi connectivity index (χ1) is 11.7. The van der Waals surface area contributed by atoms with E-state index in [2.05, 4.69) is 5.32 Å². The number of nitrogens with one attached hydrogen (secondary N) is 1. The first-order valence-corrected chi connectivity index (χ1v) is 10.1. The molecule has 1 amide bonds. The molecule has 2 aromatic carbocycles. The van der Waals surface area contributed by atoms with Crippen molar-refractivity contribution in [3.05, 3.63) is 58.1 Å². The normalized spacial score (nSPS) is 11.2. The van der Waals surface area contributed by atoms with Crippen molar-refractivity contribution in [2.24, 2.45) is 0 Å². The number of hydrogen-bond donors (Lipinski definition) is 1. The van der Waals surface area contributed by atoms with Crippen LogP contribution < -0.4 is 9.62 Å². The number of benzene rings is 2. The Balaban J connectivity index is 2.27. The lowest BCUT2D eigenvalue weighted by molar-refractivity contribution is -0.114. The Bertz CT molecular complexity index is 865. The molecule has 0 aliphatic rings. The summed E-state index contributed by atoms with van der Waals surface area (Å²) in [5, 5.41) is 3.32. The number of halogens is 2. The topological polar surface area (TPSA) is 66.5 Å². The molecule has 0 radical (unpaired) electrons. The van der Waals surface area contributed by atoms with E-state index in [1.54, 1.807) is 12.1 Å². The fourth-order valence-corrected chi connectivity index (χ4v) is 3.71. The minimum atomic E-state index is -3.70. The summed E-state index contributed by atoms with van der Waals surface area (Å²) in [7, 11) is -3.70. The number of aryl methyl sites for hydroxylation is 1. The molecule has 8 heteroatoms. The second-order valence-corrected chi connectivity index (χ2v) is 8.24. The highest BCUT2D eigenvalue weighted by Crippen LogP contribution is 2.27. The van der Waals surface area contributed by atoms with Crippen LogP contribution in [-0.2, 0) is 21.2 Å². The van der Waals surface area contributed by atoms with Gasteiger partial charge >= 0.3 is 0 Å². The van der Waals surface area contributed by atoms with Gasteiger partial charge in [-0.05, 0) is 36.2 Å². The Hall–Kier alpha value is -1.76. The lowest BCUT2D eigenvalue weighted by atomic mass is 10.1. The molecular weight excluding hydrogens is 383 g/mol. The summed E-state index contributed by atoms with van der Waals surface area (Å²) in [5.74, 6) is -0.456. The second-order valence-electron chi connectivity index (χ2n) is 5.46. The van der Waals surface area contributed by atoms with Crippen LogP contribution in [0.25, 0.3) is 0 Å². The Morgan fingerprint density at radius 3 is 2.28 bits per heavy atom. The van der Waals surface area contributed by atoms with Crippen molar-refractivity contribution in [1.82, 2.24) is 0 Å². The van der Waals surface area contributed by atoms with E-state index in [0.29, 0.717) is 5.69 Å². The van der Waals surface area contributed by atoms with Gasteiger partial charge in [0.1, 0.15) is 6.54 Å². The molecule has 0 saturated heterocycles. The molecule has 0 saturated carbocycles. The second kappa shape index (κ2) is 8.08. The van der Waals surface area contributed by atoms with E-state index >= 15 is 0 Å². The van der Waals surface area contributed by atoms with Crippen molar-refractivity contribution in [2.45, 2.75) is 13.3 Å². The molecule has 134 valence electrons. The molecule has 0 spiro atoms. The third kappa shape index (κ3) is 5.36. The van der Waals surface area contributed by atoms with Crippen LogP contribution in [0.2, 0.25) is 10.0 Å². The van der Waals surface area contributed by atoms with Crippen LogP contribution >= 0.6 is 23.2 Å². The van der Waals surface area contributed by atoms with Gasteiger partial charge in [0, 0.05) is 15.7 Å². The van der Waals surface area contributed by atoms with Gasteiger partial charge < -0.3 is 5.32 Å². The lowest BCUT2D eigenvalue weighted by Crippen LogP contribution is -2.37. The molecule has 1 N–H and O–H groups in total. The van der Waals surface area contributed by atoms with Crippen molar-refractivity contribution < 1.29 is 13.2 Å². The number of anilines is 2. The summed E-state index contributed by atoms with van der Waals surface area (Å²) in [6.45, 7) is 1.59. The molecule has 5 nitrogen and oxygen atoms in total. The van der Waals surface area contributed by atoms with Gasteiger partial charge in [0.15, 0.2) is 0 Å². The van der Waals surface area contributed by atoms with Gasteiger partial charge in [0.25, 0.3) is 0 Å². The zero-order chi connectivity index (χ0) is 18.6. The highest BCUT2D eigenvalue weighted by Gasteiger charge is 2.22. The summed E-state index contributed by atoms with van der Waals surface area (Å²) in [6.07, 6.45) is 1.77. The Labute approximate surface area is 157 Å². The van der Waals surface area contributed by atoms with Crippen LogP contribution in [-0.4, -0.2) is 27.1 Å². The van der Waals surface area contributed by atoms with Crippen LogP contribution in [0.15, 0.2) is 42.5 Å². The monoisotopic (exact) mass is 400 g/mol. The highest BCUT2D eigenvalue weighted by atomic mass is 35.5. The van der Waals surface area contributed by atoms with Gasteiger partial charge in [-0.15, -0.1) is 0 Å². The lowest BCUT2D eigenvalue weighted by Gasteiger charge is -2.22. The van der Waals surface area contributed by atoms with Gasteiger partial charge in [0.2, 0.25) is 15.9 Å².